The van der Waals surface area contributed by atoms with E-state index in [1.165, 1.54) is 0 Å². The van der Waals surface area contributed by atoms with E-state index in [0.717, 1.165) is 27.9 Å². The van der Waals surface area contributed by atoms with Gasteiger partial charge in [0.1, 0.15) is 11.2 Å². The number of nitrogens with one attached hydrogen (secondary N) is 1. The Morgan fingerprint density at radius 1 is 1.20 bits per heavy atom. The average molecular weight is 345 g/mol. The van der Waals surface area contributed by atoms with Gasteiger partial charge in [-0.1, -0.05) is 0 Å². The maximum atomic E-state index is 12.8. The highest BCUT2D eigenvalue weighted by atomic mass is 16.5. The number of aromatic amines is 1. The van der Waals surface area contributed by atoms with Crippen LogP contribution in [0.3, 0.4) is 0 Å². The molecule has 134 valence electrons. The number of benzene rings is 1. The number of rotatable bonds is 6. The largest absolute Gasteiger partial charge is 0.497 e. The molecular formula is C19H23NO5. The van der Waals surface area contributed by atoms with Crippen molar-refractivity contribution in [2.45, 2.75) is 38.5 Å². The highest BCUT2D eigenvalue weighted by Crippen LogP contribution is 2.46. The fourth-order valence-corrected chi connectivity index (χ4v) is 3.67. The predicted molar refractivity (Wildman–Crippen MR) is 92.7 cm³/mol. The first-order chi connectivity index (χ1) is 12.1. The van der Waals surface area contributed by atoms with E-state index in [4.69, 9.17) is 14.2 Å². The number of ether oxygens (including phenoxy) is 3. The second-order valence-electron chi connectivity index (χ2n) is 6.17. The standard InChI is InChI=1S/C19H23NO5/c1-4-24-16(21)11-19(18(22)25-5-2)9-8-13-14-10-12(23-3)6-7-15(14)20-17(13)19/h6-7,10,20H,4-5,8-9,11H2,1-3H3. The summed E-state index contributed by atoms with van der Waals surface area (Å²) in [5.74, 6) is -0.00621. The zero-order chi connectivity index (χ0) is 18.0. The third-order valence-corrected chi connectivity index (χ3v) is 4.81. The zero-order valence-electron chi connectivity index (χ0n) is 14.8. The minimum absolute atomic E-state index is 0.0172. The molecule has 0 radical (unpaired) electrons. The van der Waals surface area contributed by atoms with E-state index in [1.807, 2.05) is 18.2 Å². The monoisotopic (exact) mass is 345 g/mol. The number of aryl methyl sites for hydroxylation is 1. The van der Waals surface area contributed by atoms with E-state index in [0.29, 0.717) is 12.8 Å². The van der Waals surface area contributed by atoms with E-state index in [-0.39, 0.29) is 31.6 Å². The molecule has 25 heavy (non-hydrogen) atoms. The molecule has 2 aromatic rings. The molecule has 1 aromatic heterocycles. The number of fused-ring (bicyclic) bond motifs is 3. The Morgan fingerprint density at radius 2 is 1.96 bits per heavy atom. The predicted octanol–water partition coefficient (Wildman–Crippen LogP) is 2.88. The van der Waals surface area contributed by atoms with Crippen LogP contribution in [0.1, 0.15) is 37.9 Å². The molecule has 0 fully saturated rings. The van der Waals surface area contributed by atoms with E-state index in [1.54, 1.807) is 21.0 Å². The van der Waals surface area contributed by atoms with Crippen LogP contribution in [0.2, 0.25) is 0 Å². The van der Waals surface area contributed by atoms with Crippen molar-refractivity contribution in [2.24, 2.45) is 0 Å². The Morgan fingerprint density at radius 3 is 2.64 bits per heavy atom. The summed E-state index contributed by atoms with van der Waals surface area (Å²) < 4.78 is 15.7. The molecule has 0 saturated heterocycles. The van der Waals surface area contributed by atoms with Gasteiger partial charge >= 0.3 is 11.9 Å². The number of hydrogen-bond acceptors (Lipinski definition) is 5. The summed E-state index contributed by atoms with van der Waals surface area (Å²) >= 11 is 0. The van der Waals surface area contributed by atoms with Crippen molar-refractivity contribution in [3.05, 3.63) is 29.5 Å². The molecule has 1 aliphatic rings. The Kier molecular flexibility index (Phi) is 4.70. The van der Waals surface area contributed by atoms with Crippen LogP contribution >= 0.6 is 0 Å². The van der Waals surface area contributed by atoms with Crippen molar-refractivity contribution in [1.82, 2.24) is 4.98 Å². The molecule has 0 amide bonds. The molecule has 1 heterocycles. The molecule has 6 nitrogen and oxygen atoms in total. The lowest BCUT2D eigenvalue weighted by molar-refractivity contribution is -0.157. The minimum Gasteiger partial charge on any atom is -0.497 e. The van der Waals surface area contributed by atoms with Crippen molar-refractivity contribution in [1.29, 1.82) is 0 Å². The minimum atomic E-state index is -1.01. The van der Waals surface area contributed by atoms with Gasteiger partial charge in [0.05, 0.1) is 26.7 Å². The fourth-order valence-electron chi connectivity index (χ4n) is 3.67. The van der Waals surface area contributed by atoms with Gasteiger partial charge in [0.25, 0.3) is 0 Å². The fraction of sp³-hybridized carbons (Fsp3) is 0.474. The molecule has 0 aliphatic heterocycles. The SMILES string of the molecule is CCOC(=O)CC1(C(=O)OCC)CCc2c1[nH]c1ccc(OC)cc21. The smallest absolute Gasteiger partial charge is 0.318 e. The quantitative estimate of drug-likeness (QED) is 0.815. The number of hydrogen-bond donors (Lipinski definition) is 1. The molecule has 6 heteroatoms. The van der Waals surface area contributed by atoms with Crippen molar-refractivity contribution < 1.29 is 23.8 Å². The maximum absolute atomic E-state index is 12.8. The summed E-state index contributed by atoms with van der Waals surface area (Å²) in [5.41, 5.74) is 1.72. The van der Waals surface area contributed by atoms with Crippen molar-refractivity contribution >= 4 is 22.8 Å². The van der Waals surface area contributed by atoms with Crippen LogP contribution in [0.15, 0.2) is 18.2 Å². The van der Waals surface area contributed by atoms with Crippen molar-refractivity contribution in [3.63, 3.8) is 0 Å². The van der Waals surface area contributed by atoms with Gasteiger partial charge in [-0.05, 0) is 50.5 Å². The Bertz CT molecular complexity index is 809. The second kappa shape index (κ2) is 6.78. The number of H-pyrrole nitrogens is 1. The normalized spacial score (nSPS) is 18.8. The number of methoxy groups -OCH3 is 1. The van der Waals surface area contributed by atoms with Crippen LogP contribution in [0, 0.1) is 0 Å². The van der Waals surface area contributed by atoms with Gasteiger partial charge in [0, 0.05) is 16.6 Å². The molecule has 1 N–H and O–H groups in total. The summed E-state index contributed by atoms with van der Waals surface area (Å²) in [4.78, 5) is 28.3. The van der Waals surface area contributed by atoms with E-state index >= 15 is 0 Å². The Hall–Kier alpha value is -2.50. The molecule has 3 rings (SSSR count). The molecule has 1 aliphatic carbocycles. The first-order valence-electron chi connectivity index (χ1n) is 8.57. The molecule has 1 atom stereocenters. The van der Waals surface area contributed by atoms with E-state index < -0.39 is 5.41 Å². The Labute approximate surface area is 146 Å². The highest BCUT2D eigenvalue weighted by Gasteiger charge is 2.50. The topological polar surface area (TPSA) is 77.6 Å². The van der Waals surface area contributed by atoms with Crippen LogP contribution in [0.5, 0.6) is 5.75 Å². The van der Waals surface area contributed by atoms with Crippen molar-refractivity contribution in [2.75, 3.05) is 20.3 Å². The van der Waals surface area contributed by atoms with E-state index in [2.05, 4.69) is 4.98 Å². The zero-order valence-corrected chi connectivity index (χ0v) is 14.8. The first-order valence-corrected chi connectivity index (χ1v) is 8.57. The first kappa shape index (κ1) is 17.3. The molecule has 0 saturated carbocycles. The van der Waals surface area contributed by atoms with Gasteiger partial charge in [-0.3, -0.25) is 9.59 Å². The van der Waals surface area contributed by atoms with Gasteiger partial charge in [0.15, 0.2) is 0 Å². The Balaban J connectivity index is 2.10. The van der Waals surface area contributed by atoms with Crippen LogP contribution < -0.4 is 4.74 Å². The average Bonchev–Trinajstić information content (AvgIpc) is 3.13. The third kappa shape index (κ3) is 2.86. The summed E-state index contributed by atoms with van der Waals surface area (Å²) in [5, 5.41) is 1.02. The van der Waals surface area contributed by atoms with Gasteiger partial charge in [-0.15, -0.1) is 0 Å². The van der Waals surface area contributed by atoms with Gasteiger partial charge in [-0.2, -0.15) is 0 Å². The van der Waals surface area contributed by atoms with Crippen LogP contribution in [0.4, 0.5) is 0 Å². The number of esters is 2. The van der Waals surface area contributed by atoms with Gasteiger partial charge in [-0.25, -0.2) is 0 Å². The van der Waals surface area contributed by atoms with Gasteiger partial charge in [0.2, 0.25) is 0 Å². The summed E-state index contributed by atoms with van der Waals surface area (Å²) in [6.45, 7) is 4.08. The number of carbonyl (C=O) groups is 2. The lowest BCUT2D eigenvalue weighted by atomic mass is 9.82. The van der Waals surface area contributed by atoms with Crippen molar-refractivity contribution in [3.8, 4) is 5.75 Å². The molecule has 0 spiro atoms. The van der Waals surface area contributed by atoms with Crippen LogP contribution in [0.25, 0.3) is 10.9 Å². The highest BCUT2D eigenvalue weighted by molar-refractivity contribution is 5.95. The number of aromatic nitrogens is 1. The second-order valence-corrected chi connectivity index (χ2v) is 6.17. The lowest BCUT2D eigenvalue weighted by Crippen LogP contribution is -2.38. The maximum Gasteiger partial charge on any atom is 0.318 e. The molecule has 1 unspecified atom stereocenters. The summed E-state index contributed by atoms with van der Waals surface area (Å²) in [6, 6.07) is 5.74. The number of carbonyl (C=O) groups excluding carboxylic acids is 2. The van der Waals surface area contributed by atoms with Crippen LogP contribution in [-0.4, -0.2) is 37.2 Å². The third-order valence-electron chi connectivity index (χ3n) is 4.81. The molecule has 0 bridgehead atoms. The van der Waals surface area contributed by atoms with Crippen LogP contribution in [-0.2, 0) is 30.9 Å². The molecule has 1 aromatic carbocycles. The van der Waals surface area contributed by atoms with E-state index in [9.17, 15) is 9.59 Å². The summed E-state index contributed by atoms with van der Waals surface area (Å²) in [7, 11) is 1.62. The lowest BCUT2D eigenvalue weighted by Gasteiger charge is -2.26. The summed E-state index contributed by atoms with van der Waals surface area (Å²) in [6.07, 6.45) is 1.20. The van der Waals surface area contributed by atoms with Gasteiger partial charge < -0.3 is 19.2 Å². The molecular weight excluding hydrogens is 322 g/mol.